The topological polar surface area (TPSA) is 43.6 Å². The molecule has 5 aromatic rings. The van der Waals surface area contributed by atoms with Gasteiger partial charge in [0.25, 0.3) is 0 Å². The van der Waals surface area contributed by atoms with Crippen LogP contribution in [0.3, 0.4) is 0 Å². The maximum atomic E-state index is 4.72. The molecule has 0 fully saturated rings. The molecular weight excluding hydrogens is 428 g/mol. The van der Waals surface area contributed by atoms with E-state index in [1.54, 1.807) is 0 Å². The summed E-state index contributed by atoms with van der Waals surface area (Å²) in [5, 5.41) is 13.7. The van der Waals surface area contributed by atoms with Crippen molar-refractivity contribution in [3.05, 3.63) is 149 Å². The number of hydrogen-bond acceptors (Lipinski definition) is 3. The third-order valence-electron chi connectivity index (χ3n) is 6.75. The van der Waals surface area contributed by atoms with Crippen LogP contribution in [0.4, 0.5) is 0 Å². The zero-order valence-corrected chi connectivity index (χ0v) is 20.3. The molecule has 0 amide bonds. The van der Waals surface area contributed by atoms with E-state index in [0.717, 1.165) is 35.4 Å². The Balaban J connectivity index is 1.83. The van der Waals surface area contributed by atoms with Crippen LogP contribution in [0.5, 0.6) is 0 Å². The van der Waals surface area contributed by atoms with Crippen LogP contribution >= 0.6 is 0 Å². The molecule has 0 aliphatic carbocycles. The van der Waals surface area contributed by atoms with Crippen LogP contribution in [0.2, 0.25) is 0 Å². The fraction of sp³-hybridized carbons (Fsp3) is 0.194. The van der Waals surface area contributed by atoms with E-state index < -0.39 is 5.54 Å². The van der Waals surface area contributed by atoms with Crippen molar-refractivity contribution in [2.45, 2.75) is 38.1 Å². The lowest BCUT2D eigenvalue weighted by Gasteiger charge is -2.37. The molecule has 0 N–H and O–H groups in total. The molecule has 1 aromatic heterocycles. The maximum absolute atomic E-state index is 4.72. The number of hydrogen-bond donors (Lipinski definition) is 0. The second-order valence-corrected chi connectivity index (χ2v) is 9.01. The number of benzene rings is 4. The predicted octanol–water partition coefficient (Wildman–Crippen LogP) is 6.75. The minimum absolute atomic E-state index is 0.0751. The van der Waals surface area contributed by atoms with Gasteiger partial charge in [-0.25, -0.2) is 4.68 Å². The van der Waals surface area contributed by atoms with Crippen molar-refractivity contribution < 1.29 is 0 Å². The molecule has 35 heavy (non-hydrogen) atoms. The lowest BCUT2D eigenvalue weighted by Crippen LogP contribution is -2.40. The second kappa shape index (κ2) is 10.1. The van der Waals surface area contributed by atoms with Crippen LogP contribution in [0.25, 0.3) is 0 Å². The van der Waals surface area contributed by atoms with Crippen LogP contribution in [0, 0.1) is 6.92 Å². The van der Waals surface area contributed by atoms with Gasteiger partial charge in [-0.2, -0.15) is 0 Å². The van der Waals surface area contributed by atoms with Crippen LogP contribution in [-0.2, 0) is 5.54 Å². The molecule has 0 bridgehead atoms. The monoisotopic (exact) mass is 458 g/mol. The molecule has 1 unspecified atom stereocenters. The lowest BCUT2D eigenvalue weighted by atomic mass is 9.76. The van der Waals surface area contributed by atoms with E-state index in [2.05, 4.69) is 144 Å². The zero-order valence-electron chi connectivity index (χ0n) is 20.3. The predicted molar refractivity (Wildman–Crippen MR) is 140 cm³/mol. The molecule has 0 spiro atoms. The Kier molecular flexibility index (Phi) is 6.53. The average molecular weight is 459 g/mol. The van der Waals surface area contributed by atoms with Crippen LogP contribution < -0.4 is 0 Å². The average Bonchev–Trinajstić information content (AvgIpc) is 3.40. The van der Waals surface area contributed by atoms with Crippen LogP contribution in [0.15, 0.2) is 115 Å². The Labute approximate surface area is 207 Å². The standard InChI is InChI=1S/C31H30N4/c1-3-13-29(25-22-20-24(2)21-23-25)30-32-33-34-35(30)31(26-14-7-4-8-15-26,27-16-9-5-10-17-27)28-18-11-6-12-19-28/h4-12,14-23,29H,3,13H2,1-2H3. The first-order valence-corrected chi connectivity index (χ1v) is 12.3. The summed E-state index contributed by atoms with van der Waals surface area (Å²) in [7, 11) is 0. The van der Waals surface area contributed by atoms with Gasteiger partial charge in [0, 0.05) is 5.92 Å². The summed E-state index contributed by atoms with van der Waals surface area (Å²) >= 11 is 0. The number of nitrogens with zero attached hydrogens (tertiary/aromatic N) is 4. The third kappa shape index (κ3) is 4.17. The SMILES string of the molecule is CCCC(c1ccc(C)cc1)c1nnnn1C(c1ccccc1)(c1ccccc1)c1ccccc1. The fourth-order valence-electron chi connectivity index (χ4n) is 5.09. The van der Waals surface area contributed by atoms with Gasteiger partial charge in [-0.3, -0.25) is 0 Å². The summed E-state index contributed by atoms with van der Waals surface area (Å²) in [5.74, 6) is 0.943. The first-order valence-electron chi connectivity index (χ1n) is 12.3. The van der Waals surface area contributed by atoms with Gasteiger partial charge in [-0.1, -0.05) is 134 Å². The van der Waals surface area contributed by atoms with Gasteiger partial charge in [0.1, 0.15) is 5.54 Å². The van der Waals surface area contributed by atoms with E-state index in [4.69, 9.17) is 5.21 Å². The van der Waals surface area contributed by atoms with Crippen LogP contribution in [-0.4, -0.2) is 20.2 Å². The smallest absolute Gasteiger partial charge is 0.160 e. The molecule has 1 atom stereocenters. The molecule has 1 heterocycles. The number of tetrazole rings is 1. The molecular formula is C31H30N4. The number of aryl methyl sites for hydroxylation is 1. The van der Waals surface area contributed by atoms with E-state index in [9.17, 15) is 0 Å². The summed E-state index contributed by atoms with van der Waals surface area (Å²) in [5.41, 5.74) is 5.10. The van der Waals surface area contributed by atoms with Gasteiger partial charge < -0.3 is 0 Å². The van der Waals surface area contributed by atoms with Crippen molar-refractivity contribution in [1.29, 1.82) is 0 Å². The fourth-order valence-corrected chi connectivity index (χ4v) is 5.09. The van der Waals surface area contributed by atoms with E-state index in [0.29, 0.717) is 0 Å². The molecule has 0 aliphatic heterocycles. The number of rotatable bonds is 8. The molecule has 4 aromatic carbocycles. The zero-order chi connectivity index (χ0) is 24.1. The summed E-state index contributed by atoms with van der Waals surface area (Å²) in [6.07, 6.45) is 1.98. The molecule has 4 heteroatoms. The molecule has 0 radical (unpaired) electrons. The quantitative estimate of drug-likeness (QED) is 0.241. The molecule has 4 nitrogen and oxygen atoms in total. The Hall–Kier alpha value is -4.05. The molecule has 0 aliphatic rings. The third-order valence-corrected chi connectivity index (χ3v) is 6.75. The molecule has 0 saturated heterocycles. The van der Waals surface area contributed by atoms with Crippen molar-refractivity contribution in [3.8, 4) is 0 Å². The van der Waals surface area contributed by atoms with E-state index in [1.807, 2.05) is 0 Å². The van der Waals surface area contributed by atoms with Gasteiger partial charge in [0.05, 0.1) is 0 Å². The lowest BCUT2D eigenvalue weighted by molar-refractivity contribution is 0.418. The van der Waals surface area contributed by atoms with Crippen LogP contribution in [0.1, 0.15) is 59.3 Å². The first kappa shape index (κ1) is 22.7. The highest BCUT2D eigenvalue weighted by atomic mass is 15.6. The largest absolute Gasteiger partial charge is 0.209 e. The minimum Gasteiger partial charge on any atom is -0.209 e. The summed E-state index contributed by atoms with van der Waals surface area (Å²) in [6.45, 7) is 4.34. The highest BCUT2D eigenvalue weighted by Gasteiger charge is 2.42. The van der Waals surface area contributed by atoms with Gasteiger partial charge in [0.15, 0.2) is 5.82 Å². The summed E-state index contributed by atoms with van der Waals surface area (Å²) < 4.78 is 2.06. The van der Waals surface area contributed by atoms with Crippen molar-refractivity contribution in [1.82, 2.24) is 20.2 Å². The van der Waals surface area contributed by atoms with E-state index in [-0.39, 0.29) is 5.92 Å². The Morgan fingerprint density at radius 3 is 1.63 bits per heavy atom. The summed E-state index contributed by atoms with van der Waals surface area (Å²) in [6, 6.07) is 40.5. The summed E-state index contributed by atoms with van der Waals surface area (Å²) in [4.78, 5) is 0. The van der Waals surface area contributed by atoms with Gasteiger partial charge in [-0.15, -0.1) is 5.10 Å². The molecule has 174 valence electrons. The second-order valence-electron chi connectivity index (χ2n) is 9.01. The Bertz CT molecular complexity index is 1250. The van der Waals surface area contributed by atoms with Gasteiger partial charge in [0.2, 0.25) is 0 Å². The molecule has 0 saturated carbocycles. The van der Waals surface area contributed by atoms with Crippen molar-refractivity contribution in [3.63, 3.8) is 0 Å². The molecule has 5 rings (SSSR count). The van der Waals surface area contributed by atoms with E-state index >= 15 is 0 Å². The normalized spacial score (nSPS) is 12.4. The maximum Gasteiger partial charge on any atom is 0.160 e. The van der Waals surface area contributed by atoms with Crippen molar-refractivity contribution in [2.24, 2.45) is 0 Å². The Morgan fingerprint density at radius 1 is 0.686 bits per heavy atom. The van der Waals surface area contributed by atoms with Crippen molar-refractivity contribution >= 4 is 0 Å². The minimum atomic E-state index is -0.723. The van der Waals surface area contributed by atoms with Gasteiger partial charge >= 0.3 is 0 Å². The Morgan fingerprint density at radius 2 is 1.17 bits per heavy atom. The highest BCUT2D eigenvalue weighted by Crippen LogP contribution is 2.42. The number of aromatic nitrogens is 4. The van der Waals surface area contributed by atoms with E-state index in [1.165, 1.54) is 11.1 Å². The van der Waals surface area contributed by atoms with Crippen molar-refractivity contribution in [2.75, 3.05) is 0 Å². The van der Waals surface area contributed by atoms with Gasteiger partial charge in [-0.05, 0) is 46.0 Å². The highest BCUT2D eigenvalue weighted by molar-refractivity contribution is 5.50. The first-order chi connectivity index (χ1) is 17.2.